The van der Waals surface area contributed by atoms with E-state index in [0.717, 1.165) is 49.5 Å². The van der Waals surface area contributed by atoms with Crippen LogP contribution < -0.4 is 4.74 Å². The van der Waals surface area contributed by atoms with E-state index in [0.29, 0.717) is 30.2 Å². The number of hydrogen-bond donors (Lipinski definition) is 0. The molecule has 32 heavy (non-hydrogen) atoms. The number of hydrogen-bond acceptors (Lipinski definition) is 7. The molecule has 1 saturated heterocycles. The fraction of sp³-hybridized carbons (Fsp3) is 0.500. The first-order valence-electron chi connectivity index (χ1n) is 11.0. The summed E-state index contributed by atoms with van der Waals surface area (Å²) in [5.41, 5.74) is 2.25. The third-order valence-electron chi connectivity index (χ3n) is 5.95. The van der Waals surface area contributed by atoms with Crippen molar-refractivity contribution in [2.45, 2.75) is 38.5 Å². The highest BCUT2D eigenvalue weighted by Gasteiger charge is 2.29. The number of rotatable bonds is 7. The van der Waals surface area contributed by atoms with Gasteiger partial charge in [-0.1, -0.05) is 13.8 Å². The molecule has 0 radical (unpaired) electrons. The van der Waals surface area contributed by atoms with Gasteiger partial charge in [-0.15, -0.1) is 5.10 Å². The predicted molar refractivity (Wildman–Crippen MR) is 122 cm³/mol. The van der Waals surface area contributed by atoms with E-state index >= 15 is 0 Å². The minimum Gasteiger partial charge on any atom is -0.496 e. The third-order valence-corrected chi connectivity index (χ3v) is 7.84. The SMILES string of the molecule is CCCc1nc(C)c2cnc(-c3cc(S(=O)(=O)N4CCN(CC)CC4)ccc3OC)nn12. The van der Waals surface area contributed by atoms with Crippen LogP contribution in [0.25, 0.3) is 16.9 Å². The maximum atomic E-state index is 13.3. The van der Waals surface area contributed by atoms with Gasteiger partial charge in [-0.2, -0.15) is 4.31 Å². The number of imidazole rings is 1. The molecule has 0 spiro atoms. The lowest BCUT2D eigenvalue weighted by molar-refractivity contribution is 0.196. The Morgan fingerprint density at radius 2 is 1.88 bits per heavy atom. The average molecular weight is 459 g/mol. The molecule has 9 nitrogen and oxygen atoms in total. The van der Waals surface area contributed by atoms with Crippen LogP contribution in [0.5, 0.6) is 5.75 Å². The smallest absolute Gasteiger partial charge is 0.243 e. The van der Waals surface area contributed by atoms with Crippen LogP contribution in [-0.2, 0) is 16.4 Å². The van der Waals surface area contributed by atoms with Crippen molar-refractivity contribution in [3.8, 4) is 17.1 Å². The first kappa shape index (κ1) is 22.6. The first-order valence-corrected chi connectivity index (χ1v) is 12.4. The van der Waals surface area contributed by atoms with E-state index in [1.165, 1.54) is 0 Å². The Kier molecular flexibility index (Phi) is 6.45. The van der Waals surface area contributed by atoms with Crippen molar-refractivity contribution < 1.29 is 13.2 Å². The molecule has 0 amide bonds. The van der Waals surface area contributed by atoms with Crippen LogP contribution in [0.2, 0.25) is 0 Å². The van der Waals surface area contributed by atoms with Crippen molar-refractivity contribution in [3.63, 3.8) is 0 Å². The third kappa shape index (κ3) is 4.10. The number of ether oxygens (including phenoxy) is 1. The minimum absolute atomic E-state index is 0.220. The van der Waals surface area contributed by atoms with Crippen molar-refractivity contribution in [2.75, 3.05) is 39.8 Å². The van der Waals surface area contributed by atoms with Crippen LogP contribution in [-0.4, -0.2) is 77.0 Å². The summed E-state index contributed by atoms with van der Waals surface area (Å²) < 4.78 is 35.5. The summed E-state index contributed by atoms with van der Waals surface area (Å²) in [6.45, 7) is 9.47. The van der Waals surface area contributed by atoms with Crippen molar-refractivity contribution in [2.24, 2.45) is 0 Å². The van der Waals surface area contributed by atoms with Gasteiger partial charge in [0.05, 0.1) is 29.5 Å². The number of fused-ring (bicyclic) bond motifs is 1. The number of aromatic nitrogens is 4. The summed E-state index contributed by atoms with van der Waals surface area (Å²) in [4.78, 5) is 11.6. The van der Waals surface area contributed by atoms with Gasteiger partial charge in [-0.3, -0.25) is 0 Å². The Morgan fingerprint density at radius 3 is 2.53 bits per heavy atom. The minimum atomic E-state index is -3.63. The topological polar surface area (TPSA) is 92.9 Å². The Labute approximate surface area is 189 Å². The molecule has 2 aromatic heterocycles. The van der Waals surface area contributed by atoms with Crippen molar-refractivity contribution in [3.05, 3.63) is 35.9 Å². The number of benzene rings is 1. The van der Waals surface area contributed by atoms with Crippen LogP contribution >= 0.6 is 0 Å². The van der Waals surface area contributed by atoms with Crippen molar-refractivity contribution in [1.82, 2.24) is 28.8 Å². The van der Waals surface area contributed by atoms with Crippen molar-refractivity contribution in [1.29, 1.82) is 0 Å². The number of nitrogens with zero attached hydrogens (tertiary/aromatic N) is 6. The molecule has 0 N–H and O–H groups in total. The van der Waals surface area contributed by atoms with Crippen LogP contribution in [0, 0.1) is 6.92 Å². The monoisotopic (exact) mass is 458 g/mol. The summed E-state index contributed by atoms with van der Waals surface area (Å²) in [6.07, 6.45) is 3.47. The number of piperazine rings is 1. The van der Waals surface area contributed by atoms with E-state index in [2.05, 4.69) is 28.7 Å². The van der Waals surface area contributed by atoms with E-state index in [1.807, 2.05) is 6.92 Å². The Balaban J connectivity index is 1.75. The fourth-order valence-corrected chi connectivity index (χ4v) is 5.51. The maximum Gasteiger partial charge on any atom is 0.243 e. The molecule has 0 bridgehead atoms. The summed E-state index contributed by atoms with van der Waals surface area (Å²) >= 11 is 0. The van der Waals surface area contributed by atoms with Crippen LogP contribution in [0.3, 0.4) is 0 Å². The van der Waals surface area contributed by atoms with Gasteiger partial charge in [0.15, 0.2) is 5.82 Å². The Bertz CT molecular complexity index is 1220. The molecular weight excluding hydrogens is 428 g/mol. The van der Waals surface area contributed by atoms with Crippen molar-refractivity contribution >= 4 is 15.5 Å². The van der Waals surface area contributed by atoms with E-state index in [9.17, 15) is 8.42 Å². The molecule has 1 fully saturated rings. The zero-order valence-electron chi connectivity index (χ0n) is 19.1. The molecule has 3 aromatic rings. The zero-order chi connectivity index (χ0) is 22.9. The molecule has 1 aliphatic rings. The number of sulfonamides is 1. The molecule has 10 heteroatoms. The molecular formula is C22H30N6O3S. The molecule has 0 saturated carbocycles. The Hall–Kier alpha value is -2.56. The van der Waals surface area contributed by atoms with Gasteiger partial charge in [-0.05, 0) is 38.1 Å². The Morgan fingerprint density at radius 1 is 1.12 bits per heavy atom. The molecule has 4 rings (SSSR count). The molecule has 3 heterocycles. The van der Waals surface area contributed by atoms with E-state index < -0.39 is 10.0 Å². The molecule has 172 valence electrons. The number of likely N-dealkylation sites (N-methyl/N-ethyl adjacent to an activating group) is 1. The lowest BCUT2D eigenvalue weighted by Gasteiger charge is -2.33. The standard InChI is InChI=1S/C22H30N6O3S/c1-5-7-21-24-16(3)19-15-23-22(25-28(19)21)18-14-17(8-9-20(18)31-4)32(29,30)27-12-10-26(6-2)11-13-27/h8-9,14-15H,5-7,10-13H2,1-4H3. The number of methoxy groups -OCH3 is 1. The lowest BCUT2D eigenvalue weighted by atomic mass is 10.2. The van der Waals surface area contributed by atoms with Gasteiger partial charge < -0.3 is 9.64 Å². The molecule has 1 aromatic carbocycles. The second-order valence-corrected chi connectivity index (χ2v) is 9.88. The molecule has 0 aliphatic carbocycles. The second-order valence-electron chi connectivity index (χ2n) is 7.94. The highest BCUT2D eigenvalue weighted by molar-refractivity contribution is 7.89. The van der Waals surface area contributed by atoms with E-state index in [4.69, 9.17) is 9.84 Å². The first-order chi connectivity index (χ1) is 15.4. The lowest BCUT2D eigenvalue weighted by Crippen LogP contribution is -2.48. The predicted octanol–water partition coefficient (Wildman–Crippen LogP) is 2.39. The zero-order valence-corrected chi connectivity index (χ0v) is 19.9. The molecule has 0 atom stereocenters. The quantitative estimate of drug-likeness (QED) is 0.537. The maximum absolute atomic E-state index is 13.3. The molecule has 1 aliphatic heterocycles. The van der Waals surface area contributed by atoms with Crippen LogP contribution in [0.4, 0.5) is 0 Å². The van der Waals surface area contributed by atoms with E-state index in [-0.39, 0.29) is 4.90 Å². The van der Waals surface area contributed by atoms with Crippen LogP contribution in [0.1, 0.15) is 31.8 Å². The van der Waals surface area contributed by atoms with Crippen LogP contribution in [0.15, 0.2) is 29.3 Å². The second kappa shape index (κ2) is 9.13. The summed E-state index contributed by atoms with van der Waals surface area (Å²) in [6, 6.07) is 4.88. The normalized spacial score (nSPS) is 16.0. The van der Waals surface area contributed by atoms with Gasteiger partial charge in [0.2, 0.25) is 10.0 Å². The fourth-order valence-electron chi connectivity index (χ4n) is 4.06. The highest BCUT2D eigenvalue weighted by atomic mass is 32.2. The summed E-state index contributed by atoms with van der Waals surface area (Å²) in [5, 5.41) is 4.70. The van der Waals surface area contributed by atoms with Gasteiger partial charge in [-0.25, -0.2) is 22.9 Å². The summed E-state index contributed by atoms with van der Waals surface area (Å²) in [5.74, 6) is 1.78. The molecule has 0 unspecified atom stereocenters. The summed E-state index contributed by atoms with van der Waals surface area (Å²) in [7, 11) is -2.07. The highest BCUT2D eigenvalue weighted by Crippen LogP contribution is 2.31. The largest absolute Gasteiger partial charge is 0.496 e. The number of aryl methyl sites for hydroxylation is 2. The van der Waals surface area contributed by atoms with E-state index in [1.54, 1.807) is 40.3 Å². The van der Waals surface area contributed by atoms with Gasteiger partial charge >= 0.3 is 0 Å². The van der Waals surface area contributed by atoms with Gasteiger partial charge in [0.1, 0.15) is 17.1 Å². The average Bonchev–Trinajstić information content (AvgIpc) is 3.13. The van der Waals surface area contributed by atoms with Gasteiger partial charge in [0.25, 0.3) is 0 Å². The van der Waals surface area contributed by atoms with Gasteiger partial charge in [0, 0.05) is 32.6 Å².